The van der Waals surface area contributed by atoms with Crippen LogP contribution in [0.4, 0.5) is 11.5 Å². The first-order valence-electron chi connectivity index (χ1n) is 5.04. The van der Waals surface area contributed by atoms with Gasteiger partial charge in [0.1, 0.15) is 5.82 Å². The molecule has 0 bridgehead atoms. The molecule has 0 atom stereocenters. The maximum absolute atomic E-state index is 12.0. The molecule has 2 rings (SSSR count). The van der Waals surface area contributed by atoms with Crippen molar-refractivity contribution in [2.75, 3.05) is 11.1 Å². The zero-order chi connectivity index (χ0) is 13.1. The Hall–Kier alpha value is -1.59. The lowest BCUT2D eigenvalue weighted by atomic mass is 10.2. The molecule has 18 heavy (non-hydrogen) atoms. The van der Waals surface area contributed by atoms with Crippen LogP contribution in [0.25, 0.3) is 0 Å². The van der Waals surface area contributed by atoms with Crippen LogP contribution in [-0.2, 0) is 0 Å². The SMILES string of the molecule is Nc1cc(C(=O)Nc2cc(Cl)ccc2Br)ccn1. The minimum absolute atomic E-state index is 0.271. The van der Waals surface area contributed by atoms with Crippen LogP contribution < -0.4 is 11.1 Å². The second kappa shape index (κ2) is 5.37. The van der Waals surface area contributed by atoms with Gasteiger partial charge in [-0.2, -0.15) is 0 Å². The molecule has 0 aliphatic carbocycles. The standard InChI is InChI=1S/C12H9BrClN3O/c13-9-2-1-8(14)6-10(9)17-12(18)7-3-4-16-11(15)5-7/h1-6H,(H2,15,16)(H,17,18). The molecule has 0 spiro atoms. The number of anilines is 2. The molecule has 0 radical (unpaired) electrons. The summed E-state index contributed by atoms with van der Waals surface area (Å²) < 4.78 is 0.752. The molecule has 0 saturated heterocycles. The Morgan fingerprint density at radius 3 is 2.83 bits per heavy atom. The summed E-state index contributed by atoms with van der Waals surface area (Å²) in [4.78, 5) is 15.8. The van der Waals surface area contributed by atoms with Crippen LogP contribution >= 0.6 is 27.5 Å². The van der Waals surface area contributed by atoms with Crippen LogP contribution in [0.3, 0.4) is 0 Å². The molecule has 1 aromatic heterocycles. The third-order valence-electron chi connectivity index (χ3n) is 2.22. The number of halogens is 2. The predicted octanol–water partition coefficient (Wildman–Crippen LogP) is 3.33. The van der Waals surface area contributed by atoms with E-state index < -0.39 is 0 Å². The summed E-state index contributed by atoms with van der Waals surface area (Å²) in [7, 11) is 0. The molecule has 0 fully saturated rings. The van der Waals surface area contributed by atoms with Crippen molar-refractivity contribution < 1.29 is 4.79 Å². The fourth-order valence-corrected chi connectivity index (χ4v) is 1.90. The normalized spacial score (nSPS) is 10.1. The fraction of sp³-hybridized carbons (Fsp3) is 0. The summed E-state index contributed by atoms with van der Waals surface area (Å²) in [5.41, 5.74) is 6.56. The molecular formula is C12H9BrClN3O. The van der Waals surface area contributed by atoms with Crippen molar-refractivity contribution in [2.45, 2.75) is 0 Å². The second-order valence-corrected chi connectivity index (χ2v) is 4.84. The number of carbonyl (C=O) groups excluding carboxylic acids is 1. The van der Waals surface area contributed by atoms with Gasteiger partial charge in [-0.1, -0.05) is 11.6 Å². The van der Waals surface area contributed by atoms with Gasteiger partial charge in [-0.3, -0.25) is 4.79 Å². The summed E-state index contributed by atoms with van der Waals surface area (Å²) >= 11 is 9.20. The van der Waals surface area contributed by atoms with E-state index in [1.54, 1.807) is 24.3 Å². The number of pyridine rings is 1. The van der Waals surface area contributed by atoms with Gasteiger partial charge in [-0.05, 0) is 46.3 Å². The number of nitrogens with one attached hydrogen (secondary N) is 1. The number of hydrogen-bond acceptors (Lipinski definition) is 3. The van der Waals surface area contributed by atoms with E-state index in [1.165, 1.54) is 12.3 Å². The van der Waals surface area contributed by atoms with E-state index >= 15 is 0 Å². The Morgan fingerprint density at radius 1 is 1.33 bits per heavy atom. The molecule has 0 aliphatic heterocycles. The lowest BCUT2D eigenvalue weighted by Gasteiger charge is -2.08. The number of aromatic nitrogens is 1. The average Bonchev–Trinajstić information content (AvgIpc) is 2.34. The van der Waals surface area contributed by atoms with Crippen LogP contribution in [0.5, 0.6) is 0 Å². The van der Waals surface area contributed by atoms with Gasteiger partial charge in [0.05, 0.1) is 5.69 Å². The van der Waals surface area contributed by atoms with E-state index in [0.29, 0.717) is 22.1 Å². The smallest absolute Gasteiger partial charge is 0.255 e. The average molecular weight is 327 g/mol. The van der Waals surface area contributed by atoms with Crippen molar-refractivity contribution in [3.63, 3.8) is 0 Å². The van der Waals surface area contributed by atoms with Crippen molar-refractivity contribution in [1.29, 1.82) is 0 Å². The maximum atomic E-state index is 12.0. The third-order valence-corrected chi connectivity index (χ3v) is 3.15. The molecule has 3 N–H and O–H groups in total. The predicted molar refractivity (Wildman–Crippen MR) is 75.8 cm³/mol. The van der Waals surface area contributed by atoms with Crippen LogP contribution in [0.1, 0.15) is 10.4 Å². The Bertz CT molecular complexity index is 604. The lowest BCUT2D eigenvalue weighted by Crippen LogP contribution is -2.12. The number of rotatable bonds is 2. The highest BCUT2D eigenvalue weighted by Gasteiger charge is 2.09. The molecule has 92 valence electrons. The Labute approximate surface area is 117 Å². The molecule has 4 nitrogen and oxygen atoms in total. The summed E-state index contributed by atoms with van der Waals surface area (Å²) in [6.07, 6.45) is 1.48. The Kier molecular flexibility index (Phi) is 3.84. The van der Waals surface area contributed by atoms with Gasteiger partial charge in [-0.25, -0.2) is 4.98 Å². The van der Waals surface area contributed by atoms with Crippen LogP contribution in [0.2, 0.25) is 5.02 Å². The molecule has 0 unspecified atom stereocenters. The van der Waals surface area contributed by atoms with E-state index in [-0.39, 0.29) is 5.91 Å². The molecular weight excluding hydrogens is 318 g/mol. The van der Waals surface area contributed by atoms with Crippen molar-refractivity contribution in [1.82, 2.24) is 4.98 Å². The first kappa shape index (κ1) is 12.9. The Balaban J connectivity index is 2.24. The second-order valence-electron chi connectivity index (χ2n) is 3.55. The van der Waals surface area contributed by atoms with Gasteiger partial charge in [0, 0.05) is 21.3 Å². The molecule has 1 heterocycles. The van der Waals surface area contributed by atoms with Gasteiger partial charge >= 0.3 is 0 Å². The van der Waals surface area contributed by atoms with Crippen LogP contribution in [0, 0.1) is 0 Å². The highest BCUT2D eigenvalue weighted by molar-refractivity contribution is 9.10. The zero-order valence-corrected chi connectivity index (χ0v) is 11.5. The molecule has 6 heteroatoms. The number of nitrogen functional groups attached to an aromatic ring is 1. The first-order chi connectivity index (χ1) is 8.56. The van der Waals surface area contributed by atoms with Crippen molar-refractivity contribution in [3.05, 3.63) is 51.6 Å². The number of carbonyl (C=O) groups is 1. The largest absolute Gasteiger partial charge is 0.384 e. The molecule has 1 amide bonds. The van der Waals surface area contributed by atoms with Crippen LogP contribution in [-0.4, -0.2) is 10.9 Å². The summed E-state index contributed by atoms with van der Waals surface area (Å²) in [6, 6.07) is 8.25. The highest BCUT2D eigenvalue weighted by atomic mass is 79.9. The molecule has 2 aromatic rings. The van der Waals surface area contributed by atoms with Crippen LogP contribution in [0.15, 0.2) is 41.0 Å². The molecule has 1 aromatic carbocycles. The third kappa shape index (κ3) is 3.00. The van der Waals surface area contributed by atoms with E-state index in [2.05, 4.69) is 26.2 Å². The maximum Gasteiger partial charge on any atom is 0.255 e. The highest BCUT2D eigenvalue weighted by Crippen LogP contribution is 2.26. The quantitative estimate of drug-likeness (QED) is 0.889. The number of hydrogen-bond donors (Lipinski definition) is 2. The molecule has 0 saturated carbocycles. The van der Waals surface area contributed by atoms with E-state index in [9.17, 15) is 4.79 Å². The van der Waals surface area contributed by atoms with E-state index in [4.69, 9.17) is 17.3 Å². The van der Waals surface area contributed by atoms with E-state index in [0.717, 1.165) is 4.47 Å². The number of nitrogens with zero attached hydrogens (tertiary/aromatic N) is 1. The Morgan fingerprint density at radius 2 is 2.11 bits per heavy atom. The van der Waals surface area contributed by atoms with Gasteiger partial charge in [-0.15, -0.1) is 0 Å². The van der Waals surface area contributed by atoms with Crippen molar-refractivity contribution >= 4 is 44.9 Å². The lowest BCUT2D eigenvalue weighted by molar-refractivity contribution is 0.102. The van der Waals surface area contributed by atoms with Crippen molar-refractivity contribution in [3.8, 4) is 0 Å². The fourth-order valence-electron chi connectivity index (χ4n) is 1.38. The zero-order valence-electron chi connectivity index (χ0n) is 9.15. The first-order valence-corrected chi connectivity index (χ1v) is 6.21. The summed E-state index contributed by atoms with van der Waals surface area (Å²) in [5.74, 6) is 0.0277. The number of nitrogens with two attached hydrogens (primary N) is 1. The van der Waals surface area contributed by atoms with Gasteiger partial charge in [0.25, 0.3) is 5.91 Å². The van der Waals surface area contributed by atoms with Gasteiger partial charge in [0.15, 0.2) is 0 Å². The monoisotopic (exact) mass is 325 g/mol. The summed E-state index contributed by atoms with van der Waals surface area (Å²) in [6.45, 7) is 0. The topological polar surface area (TPSA) is 68.0 Å². The minimum Gasteiger partial charge on any atom is -0.384 e. The molecule has 0 aliphatic rings. The minimum atomic E-state index is -0.271. The van der Waals surface area contributed by atoms with Gasteiger partial charge < -0.3 is 11.1 Å². The summed E-state index contributed by atoms with van der Waals surface area (Å²) in [5, 5.41) is 3.29. The van der Waals surface area contributed by atoms with E-state index in [1.807, 2.05) is 0 Å². The number of amides is 1. The van der Waals surface area contributed by atoms with Crippen molar-refractivity contribution in [2.24, 2.45) is 0 Å². The van der Waals surface area contributed by atoms with Gasteiger partial charge in [0.2, 0.25) is 0 Å². The number of benzene rings is 1.